The number of nitrogens with one attached hydrogen (secondary N) is 1. The van der Waals surface area contributed by atoms with Crippen LogP contribution in [0.5, 0.6) is 0 Å². The van der Waals surface area contributed by atoms with Crippen molar-refractivity contribution >= 4 is 33.8 Å². The Morgan fingerprint density at radius 3 is 2.95 bits per heavy atom. The van der Waals surface area contributed by atoms with Gasteiger partial charge in [-0.1, -0.05) is 12.1 Å². The van der Waals surface area contributed by atoms with Crippen LogP contribution in [-0.4, -0.2) is 10.9 Å². The fraction of sp³-hybridized carbons (Fsp3) is 0.222. The number of anilines is 1. The summed E-state index contributed by atoms with van der Waals surface area (Å²) in [6.45, 7) is 2.03. The minimum absolute atomic E-state index is 0.0607. The lowest BCUT2D eigenvalue weighted by molar-refractivity contribution is -0.116. The lowest BCUT2D eigenvalue weighted by Crippen LogP contribution is -2.12. The number of nitrogens with zero attached hydrogens (tertiary/aromatic N) is 1. The van der Waals surface area contributed by atoms with Crippen molar-refractivity contribution in [2.24, 2.45) is 0 Å². The van der Waals surface area contributed by atoms with E-state index in [9.17, 15) is 4.79 Å². The van der Waals surface area contributed by atoms with Crippen LogP contribution in [0.1, 0.15) is 23.3 Å². The number of carbonyl (C=O) groups excluding carboxylic acids is 1. The predicted molar refractivity (Wildman–Crippen MR) is 92.4 cm³/mol. The number of amides is 1. The molecule has 0 bridgehead atoms. The molecule has 0 saturated heterocycles. The number of hydrogen-bond acceptors (Lipinski definition) is 3. The Labute approximate surface area is 134 Å². The summed E-state index contributed by atoms with van der Waals surface area (Å²) in [6.07, 6.45) is 4.14. The molecule has 3 rings (SSSR count). The van der Waals surface area contributed by atoms with E-state index in [2.05, 4.69) is 21.7 Å². The maximum atomic E-state index is 12.1. The standard InChI is InChI=1S/C18H18N2OS/c1-13-9-10-16(15-7-3-11-19-18(13)15)20-17(21)8-2-5-14-6-4-12-22-14/h3-4,6-7,9-12H,2,5,8H2,1H3,(H,20,21). The van der Waals surface area contributed by atoms with Gasteiger partial charge in [0.25, 0.3) is 0 Å². The van der Waals surface area contributed by atoms with Crippen LogP contribution in [0.3, 0.4) is 0 Å². The van der Waals surface area contributed by atoms with Crippen LogP contribution in [0.25, 0.3) is 10.9 Å². The first-order valence-corrected chi connectivity index (χ1v) is 8.28. The number of benzene rings is 1. The third-order valence-electron chi connectivity index (χ3n) is 3.65. The molecular weight excluding hydrogens is 292 g/mol. The van der Waals surface area contributed by atoms with E-state index in [1.54, 1.807) is 17.5 Å². The van der Waals surface area contributed by atoms with Crippen molar-refractivity contribution in [1.29, 1.82) is 0 Å². The Bertz CT molecular complexity index is 781. The number of carbonyl (C=O) groups is 1. The normalized spacial score (nSPS) is 10.8. The quantitative estimate of drug-likeness (QED) is 0.750. The molecule has 2 aromatic heterocycles. The largest absolute Gasteiger partial charge is 0.325 e. The summed E-state index contributed by atoms with van der Waals surface area (Å²) in [5.41, 5.74) is 2.90. The summed E-state index contributed by atoms with van der Waals surface area (Å²) in [6, 6.07) is 12.0. The highest BCUT2D eigenvalue weighted by Gasteiger charge is 2.08. The lowest BCUT2D eigenvalue weighted by Gasteiger charge is -2.09. The van der Waals surface area contributed by atoms with Crippen LogP contribution in [0, 0.1) is 6.92 Å². The van der Waals surface area contributed by atoms with Crippen LogP contribution < -0.4 is 5.32 Å². The van der Waals surface area contributed by atoms with E-state index in [1.807, 2.05) is 37.3 Å². The molecule has 3 nitrogen and oxygen atoms in total. The summed E-state index contributed by atoms with van der Waals surface area (Å²) in [4.78, 5) is 17.9. The van der Waals surface area contributed by atoms with Gasteiger partial charge in [0, 0.05) is 22.9 Å². The average molecular weight is 310 g/mol. The summed E-state index contributed by atoms with van der Waals surface area (Å²) < 4.78 is 0. The molecule has 0 aliphatic carbocycles. The van der Waals surface area contributed by atoms with Gasteiger partial charge in [-0.3, -0.25) is 9.78 Å². The molecule has 1 amide bonds. The van der Waals surface area contributed by atoms with Crippen molar-refractivity contribution in [3.05, 3.63) is 58.4 Å². The molecule has 2 heterocycles. The summed E-state index contributed by atoms with van der Waals surface area (Å²) in [5.74, 6) is 0.0607. The Hall–Kier alpha value is -2.20. The topological polar surface area (TPSA) is 42.0 Å². The van der Waals surface area contributed by atoms with E-state index in [-0.39, 0.29) is 5.91 Å². The fourth-order valence-electron chi connectivity index (χ4n) is 2.51. The minimum Gasteiger partial charge on any atom is -0.325 e. The van der Waals surface area contributed by atoms with Gasteiger partial charge in [0.1, 0.15) is 0 Å². The second kappa shape index (κ2) is 6.71. The number of aryl methyl sites for hydroxylation is 2. The van der Waals surface area contributed by atoms with Gasteiger partial charge in [-0.25, -0.2) is 0 Å². The number of aromatic nitrogens is 1. The summed E-state index contributed by atoms with van der Waals surface area (Å²) in [5, 5.41) is 6.08. The van der Waals surface area contributed by atoms with Crippen molar-refractivity contribution in [2.75, 3.05) is 5.32 Å². The van der Waals surface area contributed by atoms with Crippen molar-refractivity contribution in [2.45, 2.75) is 26.2 Å². The number of hydrogen-bond donors (Lipinski definition) is 1. The molecule has 0 aliphatic heterocycles. The van der Waals surface area contributed by atoms with Gasteiger partial charge in [0.05, 0.1) is 11.2 Å². The molecule has 0 atom stereocenters. The highest BCUT2D eigenvalue weighted by atomic mass is 32.1. The van der Waals surface area contributed by atoms with Crippen molar-refractivity contribution < 1.29 is 4.79 Å². The molecule has 0 radical (unpaired) electrons. The molecule has 4 heteroatoms. The van der Waals surface area contributed by atoms with E-state index in [0.717, 1.165) is 35.0 Å². The van der Waals surface area contributed by atoms with Crippen LogP contribution in [0.15, 0.2) is 48.0 Å². The van der Waals surface area contributed by atoms with E-state index >= 15 is 0 Å². The molecule has 3 aromatic rings. The van der Waals surface area contributed by atoms with Gasteiger partial charge in [-0.05, 0) is 55.0 Å². The molecule has 1 N–H and O–H groups in total. The van der Waals surface area contributed by atoms with Crippen LogP contribution in [0.2, 0.25) is 0 Å². The third-order valence-corrected chi connectivity index (χ3v) is 4.59. The van der Waals surface area contributed by atoms with E-state index < -0.39 is 0 Å². The summed E-state index contributed by atoms with van der Waals surface area (Å²) in [7, 11) is 0. The van der Waals surface area contributed by atoms with E-state index in [0.29, 0.717) is 6.42 Å². The zero-order chi connectivity index (χ0) is 15.4. The molecule has 0 aliphatic rings. The van der Waals surface area contributed by atoms with Crippen LogP contribution in [-0.2, 0) is 11.2 Å². The molecule has 0 fully saturated rings. The molecular formula is C18H18N2OS. The van der Waals surface area contributed by atoms with Crippen LogP contribution in [0.4, 0.5) is 5.69 Å². The smallest absolute Gasteiger partial charge is 0.224 e. The fourth-order valence-corrected chi connectivity index (χ4v) is 3.26. The molecule has 0 spiro atoms. The number of thiophene rings is 1. The predicted octanol–water partition coefficient (Wildman–Crippen LogP) is 4.57. The van der Waals surface area contributed by atoms with Gasteiger partial charge in [-0.15, -0.1) is 11.3 Å². The van der Waals surface area contributed by atoms with Gasteiger partial charge in [0.2, 0.25) is 5.91 Å². The molecule has 112 valence electrons. The van der Waals surface area contributed by atoms with Crippen molar-refractivity contribution in [3.63, 3.8) is 0 Å². The molecule has 1 aromatic carbocycles. The highest BCUT2D eigenvalue weighted by molar-refractivity contribution is 7.09. The Balaban J connectivity index is 1.65. The summed E-state index contributed by atoms with van der Waals surface area (Å²) >= 11 is 1.74. The number of rotatable bonds is 5. The molecule has 0 saturated carbocycles. The number of fused-ring (bicyclic) bond motifs is 1. The minimum atomic E-state index is 0.0607. The maximum absolute atomic E-state index is 12.1. The van der Waals surface area contributed by atoms with Crippen molar-refractivity contribution in [3.8, 4) is 0 Å². The first-order valence-electron chi connectivity index (χ1n) is 7.40. The van der Waals surface area contributed by atoms with Crippen molar-refractivity contribution in [1.82, 2.24) is 4.98 Å². The zero-order valence-corrected chi connectivity index (χ0v) is 13.3. The SMILES string of the molecule is Cc1ccc(NC(=O)CCCc2cccs2)c2cccnc12. The second-order valence-corrected chi connectivity index (χ2v) is 6.34. The van der Waals surface area contributed by atoms with Gasteiger partial charge >= 0.3 is 0 Å². The first kappa shape index (κ1) is 14.7. The lowest BCUT2D eigenvalue weighted by atomic mass is 10.1. The van der Waals surface area contributed by atoms with Gasteiger partial charge < -0.3 is 5.32 Å². The average Bonchev–Trinajstić information content (AvgIpc) is 3.04. The highest BCUT2D eigenvalue weighted by Crippen LogP contribution is 2.24. The monoisotopic (exact) mass is 310 g/mol. The maximum Gasteiger partial charge on any atom is 0.224 e. The Kier molecular flexibility index (Phi) is 4.49. The van der Waals surface area contributed by atoms with E-state index in [1.165, 1.54) is 4.88 Å². The number of pyridine rings is 1. The Morgan fingerprint density at radius 1 is 1.23 bits per heavy atom. The zero-order valence-electron chi connectivity index (χ0n) is 12.5. The Morgan fingerprint density at radius 2 is 2.14 bits per heavy atom. The third kappa shape index (κ3) is 3.34. The molecule has 0 unspecified atom stereocenters. The second-order valence-electron chi connectivity index (χ2n) is 5.31. The van der Waals surface area contributed by atoms with Gasteiger partial charge in [0.15, 0.2) is 0 Å². The van der Waals surface area contributed by atoms with Gasteiger partial charge in [-0.2, -0.15) is 0 Å². The molecule has 22 heavy (non-hydrogen) atoms. The van der Waals surface area contributed by atoms with Crippen LogP contribution >= 0.6 is 11.3 Å². The first-order chi connectivity index (χ1) is 10.7. The van der Waals surface area contributed by atoms with E-state index in [4.69, 9.17) is 0 Å².